The van der Waals surface area contributed by atoms with Crippen LogP contribution in [-0.4, -0.2) is 19.6 Å². The molecule has 0 aliphatic carbocycles. The molecule has 1 aliphatic rings. The SMILES string of the molecule is CNCC[C@H]1OC(=O)c2ccccc21. The predicted molar refractivity (Wildman–Crippen MR) is 53.1 cm³/mol. The Labute approximate surface area is 83.1 Å². The first-order valence-corrected chi connectivity index (χ1v) is 4.77. The molecule has 1 aliphatic heterocycles. The minimum Gasteiger partial charge on any atom is -0.454 e. The van der Waals surface area contributed by atoms with Gasteiger partial charge in [-0.15, -0.1) is 0 Å². The molecule has 2 rings (SSSR count). The van der Waals surface area contributed by atoms with E-state index >= 15 is 0 Å². The molecule has 74 valence electrons. The fourth-order valence-corrected chi connectivity index (χ4v) is 1.71. The number of carbonyl (C=O) groups is 1. The van der Waals surface area contributed by atoms with Gasteiger partial charge in [0.15, 0.2) is 0 Å². The summed E-state index contributed by atoms with van der Waals surface area (Å²) in [6, 6.07) is 7.57. The van der Waals surface area contributed by atoms with Crippen molar-refractivity contribution in [1.29, 1.82) is 0 Å². The van der Waals surface area contributed by atoms with Gasteiger partial charge in [-0.05, 0) is 19.7 Å². The Balaban J connectivity index is 2.21. The van der Waals surface area contributed by atoms with E-state index in [9.17, 15) is 4.79 Å². The quantitative estimate of drug-likeness (QED) is 0.736. The highest BCUT2D eigenvalue weighted by atomic mass is 16.5. The molecule has 0 saturated heterocycles. The van der Waals surface area contributed by atoms with Crippen LogP contribution in [0.5, 0.6) is 0 Å². The number of carbonyl (C=O) groups excluding carboxylic acids is 1. The van der Waals surface area contributed by atoms with Crippen molar-refractivity contribution in [2.24, 2.45) is 0 Å². The monoisotopic (exact) mass is 191 g/mol. The lowest BCUT2D eigenvalue weighted by Crippen LogP contribution is -2.12. The van der Waals surface area contributed by atoms with Crippen molar-refractivity contribution in [1.82, 2.24) is 5.32 Å². The molecular weight excluding hydrogens is 178 g/mol. The Morgan fingerprint density at radius 2 is 2.21 bits per heavy atom. The summed E-state index contributed by atoms with van der Waals surface area (Å²) in [6.45, 7) is 0.853. The molecule has 0 amide bonds. The molecule has 0 radical (unpaired) electrons. The van der Waals surface area contributed by atoms with E-state index in [1.54, 1.807) is 0 Å². The number of rotatable bonds is 3. The maximum Gasteiger partial charge on any atom is 0.339 e. The van der Waals surface area contributed by atoms with Gasteiger partial charge in [0.1, 0.15) is 6.10 Å². The largest absolute Gasteiger partial charge is 0.454 e. The first-order chi connectivity index (χ1) is 6.83. The normalized spacial score (nSPS) is 19.2. The van der Waals surface area contributed by atoms with Crippen molar-refractivity contribution in [2.45, 2.75) is 12.5 Å². The minimum atomic E-state index is -0.193. The van der Waals surface area contributed by atoms with Crippen molar-refractivity contribution < 1.29 is 9.53 Å². The number of ether oxygens (including phenoxy) is 1. The highest BCUT2D eigenvalue weighted by Crippen LogP contribution is 2.32. The van der Waals surface area contributed by atoms with Gasteiger partial charge in [-0.25, -0.2) is 4.79 Å². The van der Waals surface area contributed by atoms with Crippen LogP contribution < -0.4 is 5.32 Å². The van der Waals surface area contributed by atoms with Crippen LogP contribution in [-0.2, 0) is 4.74 Å². The molecule has 0 bridgehead atoms. The number of fused-ring (bicyclic) bond motifs is 1. The minimum absolute atomic E-state index is 0.0638. The second-order valence-corrected chi connectivity index (χ2v) is 3.37. The predicted octanol–water partition coefficient (Wildman–Crippen LogP) is 1.51. The molecule has 0 unspecified atom stereocenters. The average molecular weight is 191 g/mol. The van der Waals surface area contributed by atoms with Crippen LogP contribution in [0.2, 0.25) is 0 Å². The van der Waals surface area contributed by atoms with Crippen molar-refractivity contribution in [3.05, 3.63) is 35.4 Å². The smallest absolute Gasteiger partial charge is 0.339 e. The van der Waals surface area contributed by atoms with Gasteiger partial charge in [-0.3, -0.25) is 0 Å². The second kappa shape index (κ2) is 3.80. The van der Waals surface area contributed by atoms with Gasteiger partial charge < -0.3 is 10.1 Å². The molecule has 1 aromatic rings. The Bertz CT molecular complexity index is 349. The van der Waals surface area contributed by atoms with Crippen LogP contribution in [0.4, 0.5) is 0 Å². The third-order valence-electron chi connectivity index (χ3n) is 2.43. The summed E-state index contributed by atoms with van der Waals surface area (Å²) in [7, 11) is 1.89. The van der Waals surface area contributed by atoms with Gasteiger partial charge in [0.2, 0.25) is 0 Å². The van der Waals surface area contributed by atoms with E-state index < -0.39 is 0 Å². The number of nitrogens with one attached hydrogen (secondary N) is 1. The fraction of sp³-hybridized carbons (Fsp3) is 0.364. The molecule has 1 heterocycles. The van der Waals surface area contributed by atoms with Crippen LogP contribution in [0, 0.1) is 0 Å². The number of esters is 1. The van der Waals surface area contributed by atoms with E-state index in [1.165, 1.54) is 0 Å². The second-order valence-electron chi connectivity index (χ2n) is 3.37. The maximum atomic E-state index is 11.4. The van der Waals surface area contributed by atoms with Gasteiger partial charge in [-0.1, -0.05) is 18.2 Å². The number of hydrogen-bond acceptors (Lipinski definition) is 3. The Morgan fingerprint density at radius 3 is 3.00 bits per heavy atom. The van der Waals surface area contributed by atoms with Gasteiger partial charge >= 0.3 is 5.97 Å². The standard InChI is InChI=1S/C11H13NO2/c1-12-7-6-10-8-4-2-3-5-9(8)11(13)14-10/h2-5,10,12H,6-7H2,1H3/t10-/m1/s1. The zero-order valence-corrected chi connectivity index (χ0v) is 8.12. The van der Waals surface area contributed by atoms with Gasteiger partial charge in [-0.2, -0.15) is 0 Å². The number of benzene rings is 1. The average Bonchev–Trinajstić information content (AvgIpc) is 2.54. The van der Waals surface area contributed by atoms with E-state index in [0.717, 1.165) is 18.5 Å². The fourth-order valence-electron chi connectivity index (χ4n) is 1.71. The van der Waals surface area contributed by atoms with E-state index in [1.807, 2.05) is 31.3 Å². The van der Waals surface area contributed by atoms with Crippen molar-refractivity contribution >= 4 is 5.97 Å². The zero-order chi connectivity index (χ0) is 9.97. The molecule has 3 heteroatoms. The lowest BCUT2D eigenvalue weighted by molar-refractivity contribution is 0.0370. The summed E-state index contributed by atoms with van der Waals surface area (Å²) in [6.07, 6.45) is 0.769. The molecule has 3 nitrogen and oxygen atoms in total. The van der Waals surface area contributed by atoms with Crippen LogP contribution >= 0.6 is 0 Å². The Hall–Kier alpha value is -1.35. The van der Waals surface area contributed by atoms with Crippen molar-refractivity contribution in [3.63, 3.8) is 0 Å². The third kappa shape index (κ3) is 1.51. The van der Waals surface area contributed by atoms with E-state index in [2.05, 4.69) is 5.32 Å². The summed E-state index contributed by atoms with van der Waals surface area (Å²) in [5.74, 6) is -0.193. The Morgan fingerprint density at radius 1 is 1.43 bits per heavy atom. The number of hydrogen-bond donors (Lipinski definition) is 1. The van der Waals surface area contributed by atoms with E-state index in [4.69, 9.17) is 4.74 Å². The molecule has 0 aromatic heterocycles. The first kappa shape index (κ1) is 9.21. The molecule has 14 heavy (non-hydrogen) atoms. The first-order valence-electron chi connectivity index (χ1n) is 4.77. The molecule has 0 saturated carbocycles. The molecule has 1 N–H and O–H groups in total. The lowest BCUT2D eigenvalue weighted by Gasteiger charge is -2.09. The third-order valence-corrected chi connectivity index (χ3v) is 2.43. The lowest BCUT2D eigenvalue weighted by atomic mass is 10.0. The topological polar surface area (TPSA) is 38.3 Å². The maximum absolute atomic E-state index is 11.4. The zero-order valence-electron chi connectivity index (χ0n) is 8.12. The highest BCUT2D eigenvalue weighted by Gasteiger charge is 2.29. The summed E-state index contributed by atoms with van der Waals surface area (Å²) in [4.78, 5) is 11.4. The van der Waals surface area contributed by atoms with Crippen molar-refractivity contribution in [3.8, 4) is 0 Å². The van der Waals surface area contributed by atoms with Crippen LogP contribution in [0.15, 0.2) is 24.3 Å². The summed E-state index contributed by atoms with van der Waals surface area (Å²) >= 11 is 0. The van der Waals surface area contributed by atoms with E-state index in [-0.39, 0.29) is 12.1 Å². The molecule has 1 aromatic carbocycles. The molecule has 0 spiro atoms. The molecular formula is C11H13NO2. The summed E-state index contributed by atoms with van der Waals surface area (Å²) < 4.78 is 5.25. The van der Waals surface area contributed by atoms with Gasteiger partial charge in [0, 0.05) is 12.0 Å². The molecule has 1 atom stereocenters. The molecule has 0 fully saturated rings. The van der Waals surface area contributed by atoms with Gasteiger partial charge in [0.05, 0.1) is 5.56 Å². The van der Waals surface area contributed by atoms with Crippen LogP contribution in [0.3, 0.4) is 0 Å². The summed E-state index contributed by atoms with van der Waals surface area (Å²) in [5.41, 5.74) is 1.74. The van der Waals surface area contributed by atoms with Gasteiger partial charge in [0.25, 0.3) is 0 Å². The van der Waals surface area contributed by atoms with Crippen molar-refractivity contribution in [2.75, 3.05) is 13.6 Å². The highest BCUT2D eigenvalue weighted by molar-refractivity contribution is 5.93. The van der Waals surface area contributed by atoms with E-state index in [0.29, 0.717) is 5.56 Å². The summed E-state index contributed by atoms with van der Waals surface area (Å²) in [5, 5.41) is 3.05. The van der Waals surface area contributed by atoms with Crippen LogP contribution in [0.25, 0.3) is 0 Å². The van der Waals surface area contributed by atoms with Crippen LogP contribution in [0.1, 0.15) is 28.4 Å². The number of cyclic esters (lactones) is 1. The Kier molecular flexibility index (Phi) is 2.50.